The van der Waals surface area contributed by atoms with Crippen LogP contribution in [0.25, 0.3) is 0 Å². The Morgan fingerprint density at radius 3 is 1.20 bits per heavy atom. The summed E-state index contributed by atoms with van der Waals surface area (Å²) in [5, 5.41) is 0. The van der Waals surface area contributed by atoms with Gasteiger partial charge in [0.25, 0.3) is 0 Å². The van der Waals surface area contributed by atoms with Crippen molar-refractivity contribution in [2.24, 2.45) is 5.92 Å². The van der Waals surface area contributed by atoms with E-state index in [1.807, 2.05) is 0 Å². The Hall–Kier alpha value is 0.610. The number of hydrogen-bond acceptors (Lipinski definition) is 4. The van der Waals surface area contributed by atoms with Gasteiger partial charge in [-0.1, -0.05) is 193 Å². The van der Waals surface area contributed by atoms with Crippen molar-refractivity contribution in [2.75, 3.05) is 6.61 Å². The zero-order chi connectivity index (χ0) is 29.4. The van der Waals surface area contributed by atoms with Crippen LogP contribution in [-0.2, 0) is 14.6 Å². The zero-order valence-electron chi connectivity index (χ0n) is 28.0. The summed E-state index contributed by atoms with van der Waals surface area (Å²) in [4.78, 5) is 0. The second-order valence-electron chi connectivity index (χ2n) is 12.3. The van der Waals surface area contributed by atoms with Gasteiger partial charge in [0, 0.05) is 5.92 Å². The van der Waals surface area contributed by atoms with Crippen molar-refractivity contribution in [3.8, 4) is 0 Å². The molecule has 6 heteroatoms. The van der Waals surface area contributed by atoms with Crippen molar-refractivity contribution in [2.45, 2.75) is 200 Å². The first-order valence-electron chi connectivity index (χ1n) is 17.8. The Bertz CT molecular complexity index is 624. The molecule has 0 radical (unpaired) electrons. The van der Waals surface area contributed by atoms with Crippen LogP contribution in [0.1, 0.15) is 200 Å². The Balaban J connectivity index is 0. The van der Waals surface area contributed by atoms with E-state index in [0.717, 1.165) is 19.3 Å². The van der Waals surface area contributed by atoms with Gasteiger partial charge in [-0.05, 0) is 19.3 Å². The Labute approximate surface area is 280 Å². The third-order valence-electron chi connectivity index (χ3n) is 8.24. The summed E-state index contributed by atoms with van der Waals surface area (Å²) in [6.07, 6.45) is 42.4. The van der Waals surface area contributed by atoms with Gasteiger partial charge in [0.05, 0.1) is 6.61 Å². The van der Waals surface area contributed by atoms with Crippen molar-refractivity contribution < 1.29 is 46.7 Å². The Kier molecular flexibility index (Phi) is 37.4. The van der Waals surface area contributed by atoms with Crippen LogP contribution in [0.3, 0.4) is 0 Å². The molecular formula is C35H69NaO4S. The largest absolute Gasteiger partial charge is 1.00 e. The van der Waals surface area contributed by atoms with Gasteiger partial charge < -0.3 is 4.55 Å². The fourth-order valence-corrected chi connectivity index (χ4v) is 5.92. The standard InChI is InChI=1S/C35H70O4S.Na/c1-3-5-7-9-11-13-15-17-18-19-20-21-23-25-27-29-31-33-35(34-39-40(36,37)38)32-30-28-26-24-22-16-14-12-10-8-6-4-2;/h31,33,35H,3-30,32,34H2,1-2H3,(H,36,37,38);/q;+1/p-1/b33-31+;. The maximum atomic E-state index is 10.9. The van der Waals surface area contributed by atoms with E-state index < -0.39 is 10.4 Å². The molecule has 0 aliphatic rings. The minimum absolute atomic E-state index is 0. The van der Waals surface area contributed by atoms with Gasteiger partial charge in [0.1, 0.15) is 0 Å². The molecule has 0 saturated carbocycles. The van der Waals surface area contributed by atoms with Crippen LogP contribution in [0.2, 0.25) is 0 Å². The van der Waals surface area contributed by atoms with Crippen molar-refractivity contribution in [1.82, 2.24) is 0 Å². The van der Waals surface area contributed by atoms with Crippen LogP contribution in [0, 0.1) is 5.92 Å². The van der Waals surface area contributed by atoms with Crippen LogP contribution in [0.5, 0.6) is 0 Å². The number of rotatable bonds is 33. The van der Waals surface area contributed by atoms with Crippen molar-refractivity contribution in [1.29, 1.82) is 0 Å². The summed E-state index contributed by atoms with van der Waals surface area (Å²) >= 11 is 0. The smallest absolute Gasteiger partial charge is 0.726 e. The molecule has 0 fully saturated rings. The van der Waals surface area contributed by atoms with E-state index in [1.54, 1.807) is 0 Å². The maximum Gasteiger partial charge on any atom is 1.00 e. The minimum Gasteiger partial charge on any atom is -0.726 e. The van der Waals surface area contributed by atoms with Crippen LogP contribution in [0.15, 0.2) is 12.2 Å². The van der Waals surface area contributed by atoms with E-state index in [0.29, 0.717) is 0 Å². The fourth-order valence-electron chi connectivity index (χ4n) is 5.58. The first kappa shape index (κ1) is 43.7. The van der Waals surface area contributed by atoms with Gasteiger partial charge in [-0.2, -0.15) is 0 Å². The number of unbranched alkanes of at least 4 members (excludes halogenated alkanes) is 26. The molecule has 41 heavy (non-hydrogen) atoms. The zero-order valence-corrected chi connectivity index (χ0v) is 30.8. The molecule has 0 heterocycles. The van der Waals surface area contributed by atoms with E-state index in [4.69, 9.17) is 0 Å². The monoisotopic (exact) mass is 608 g/mol. The normalized spacial score (nSPS) is 12.7. The van der Waals surface area contributed by atoms with Crippen LogP contribution < -0.4 is 29.6 Å². The quantitative estimate of drug-likeness (QED) is 0.0245. The molecule has 0 spiro atoms. The van der Waals surface area contributed by atoms with Crippen LogP contribution >= 0.6 is 0 Å². The molecule has 1 atom stereocenters. The van der Waals surface area contributed by atoms with E-state index in [-0.39, 0.29) is 42.1 Å². The van der Waals surface area contributed by atoms with Gasteiger partial charge in [-0.3, -0.25) is 4.18 Å². The van der Waals surface area contributed by atoms with Crippen LogP contribution in [0.4, 0.5) is 0 Å². The first-order valence-corrected chi connectivity index (χ1v) is 19.1. The molecule has 0 aliphatic carbocycles. The van der Waals surface area contributed by atoms with E-state index in [9.17, 15) is 13.0 Å². The summed E-state index contributed by atoms with van der Waals surface area (Å²) < 4.78 is 37.4. The molecule has 0 rings (SSSR count). The average molecular weight is 609 g/mol. The van der Waals surface area contributed by atoms with Crippen molar-refractivity contribution in [3.05, 3.63) is 12.2 Å². The van der Waals surface area contributed by atoms with Gasteiger partial charge in [-0.15, -0.1) is 0 Å². The summed E-state index contributed by atoms with van der Waals surface area (Å²) in [6, 6.07) is 0. The fraction of sp³-hybridized carbons (Fsp3) is 0.943. The second-order valence-corrected chi connectivity index (χ2v) is 13.3. The topological polar surface area (TPSA) is 66.4 Å². The molecule has 0 aromatic rings. The SMILES string of the molecule is CCCCCCCCCCCCCCCCC/C=C/C(CCCCCCCCCCCCCC)COS(=O)(=O)[O-].[Na+]. The first-order chi connectivity index (χ1) is 19.5. The number of hydrogen-bond donors (Lipinski definition) is 0. The molecular weight excluding hydrogens is 539 g/mol. The summed E-state index contributed by atoms with van der Waals surface area (Å²) in [6.45, 7) is 4.53. The molecule has 0 bridgehead atoms. The van der Waals surface area contributed by atoms with E-state index in [1.165, 1.54) is 167 Å². The Morgan fingerprint density at radius 1 is 0.537 bits per heavy atom. The molecule has 4 nitrogen and oxygen atoms in total. The molecule has 1 unspecified atom stereocenters. The predicted molar refractivity (Wildman–Crippen MR) is 174 cm³/mol. The number of allylic oxidation sites excluding steroid dienone is 1. The molecule has 0 N–H and O–H groups in total. The van der Waals surface area contributed by atoms with Gasteiger partial charge in [0.2, 0.25) is 10.4 Å². The van der Waals surface area contributed by atoms with Gasteiger partial charge in [-0.25, -0.2) is 8.42 Å². The van der Waals surface area contributed by atoms with Gasteiger partial charge in [0.15, 0.2) is 0 Å². The van der Waals surface area contributed by atoms with E-state index >= 15 is 0 Å². The third kappa shape index (κ3) is 38.6. The summed E-state index contributed by atoms with van der Waals surface area (Å²) in [5.74, 6) is 0.0168. The molecule has 0 amide bonds. The predicted octanol–water partition coefficient (Wildman–Crippen LogP) is 8.99. The average Bonchev–Trinajstić information content (AvgIpc) is 2.93. The Morgan fingerprint density at radius 2 is 0.854 bits per heavy atom. The van der Waals surface area contributed by atoms with Crippen molar-refractivity contribution >= 4 is 10.4 Å². The molecule has 240 valence electrons. The minimum atomic E-state index is -4.62. The molecule has 0 aliphatic heterocycles. The van der Waals surface area contributed by atoms with Crippen molar-refractivity contribution in [3.63, 3.8) is 0 Å². The molecule has 0 saturated heterocycles. The molecule has 0 aromatic carbocycles. The second kappa shape index (κ2) is 35.1. The maximum absolute atomic E-state index is 10.9. The third-order valence-corrected chi connectivity index (χ3v) is 8.66. The van der Waals surface area contributed by atoms with E-state index in [2.05, 4.69) is 30.2 Å². The van der Waals surface area contributed by atoms with Crippen LogP contribution in [-0.4, -0.2) is 19.6 Å². The summed E-state index contributed by atoms with van der Waals surface area (Å²) in [5.41, 5.74) is 0. The molecule has 0 aromatic heterocycles. The van der Waals surface area contributed by atoms with Gasteiger partial charge >= 0.3 is 29.6 Å². The summed E-state index contributed by atoms with van der Waals surface area (Å²) in [7, 11) is -4.62.